The maximum Gasteiger partial charge on any atom is 0.0867 e. The summed E-state index contributed by atoms with van der Waals surface area (Å²) in [5.41, 5.74) is 0. The van der Waals surface area contributed by atoms with Gasteiger partial charge in [-0.1, -0.05) is 6.08 Å². The summed E-state index contributed by atoms with van der Waals surface area (Å²) in [6.45, 7) is 1.93. The Morgan fingerprint density at radius 3 is 2.43 bits per heavy atom. The molecule has 1 nitrogen and oxygen atoms in total. The average Bonchev–Trinajstić information content (AvgIpc) is 1.68. The van der Waals surface area contributed by atoms with E-state index in [0.717, 1.165) is 5.04 Å². The topological polar surface area (TPSA) is 12.4 Å². The van der Waals surface area contributed by atoms with Crippen molar-refractivity contribution in [3.63, 3.8) is 0 Å². The maximum atomic E-state index is 3.97. The van der Waals surface area contributed by atoms with E-state index in [4.69, 9.17) is 0 Å². The van der Waals surface area contributed by atoms with Gasteiger partial charge in [-0.2, -0.15) is 0 Å². The van der Waals surface area contributed by atoms with Crippen molar-refractivity contribution in [2.75, 3.05) is 7.05 Å². The highest BCUT2D eigenvalue weighted by Crippen LogP contribution is 1.83. The van der Waals surface area contributed by atoms with Gasteiger partial charge in [0.05, 0.1) is 5.04 Å². The number of allylic oxidation sites excluding steroid dienone is 1. The molecule has 40 valence electrons. The SMILES string of the molecule is C/C=C\C(S)=N/C. The van der Waals surface area contributed by atoms with E-state index in [-0.39, 0.29) is 0 Å². The van der Waals surface area contributed by atoms with Gasteiger partial charge >= 0.3 is 0 Å². The van der Waals surface area contributed by atoms with Crippen LogP contribution in [0.1, 0.15) is 6.92 Å². The minimum atomic E-state index is 0.766. The summed E-state index contributed by atoms with van der Waals surface area (Å²) in [6.07, 6.45) is 3.73. The van der Waals surface area contributed by atoms with E-state index in [0.29, 0.717) is 0 Å². The van der Waals surface area contributed by atoms with Crippen LogP contribution < -0.4 is 0 Å². The molecule has 7 heavy (non-hydrogen) atoms. The fourth-order valence-electron chi connectivity index (χ4n) is 0.224. The molecule has 0 saturated heterocycles. The molecule has 0 bridgehead atoms. The number of aliphatic imine (C=N–C) groups is 1. The highest BCUT2D eigenvalue weighted by molar-refractivity contribution is 7.97. The average molecular weight is 115 g/mol. The van der Waals surface area contributed by atoms with Gasteiger partial charge in [0.2, 0.25) is 0 Å². The minimum absolute atomic E-state index is 0.766. The Morgan fingerprint density at radius 2 is 2.29 bits per heavy atom. The highest BCUT2D eigenvalue weighted by atomic mass is 32.1. The van der Waals surface area contributed by atoms with Gasteiger partial charge in [0.1, 0.15) is 0 Å². The molecule has 0 aliphatic rings. The third kappa shape index (κ3) is 3.59. The molecule has 0 aliphatic heterocycles. The third-order valence-electron chi connectivity index (χ3n) is 0.545. The molecule has 2 heteroatoms. The summed E-state index contributed by atoms with van der Waals surface area (Å²) < 4.78 is 0. The van der Waals surface area contributed by atoms with E-state index in [9.17, 15) is 0 Å². The first-order valence-corrected chi connectivity index (χ1v) is 2.54. The second-order valence-corrected chi connectivity index (χ2v) is 1.54. The fraction of sp³-hybridized carbons (Fsp3) is 0.400. The summed E-state index contributed by atoms with van der Waals surface area (Å²) in [6, 6.07) is 0. The molecule has 0 aromatic carbocycles. The number of hydrogen-bond acceptors (Lipinski definition) is 1. The van der Waals surface area contributed by atoms with Crippen molar-refractivity contribution in [2.24, 2.45) is 4.99 Å². The van der Waals surface area contributed by atoms with E-state index in [1.807, 2.05) is 19.1 Å². The zero-order valence-corrected chi connectivity index (χ0v) is 5.44. The summed E-state index contributed by atoms with van der Waals surface area (Å²) in [4.78, 5) is 3.77. The predicted molar refractivity (Wildman–Crippen MR) is 37.2 cm³/mol. The van der Waals surface area contributed by atoms with Crippen LogP contribution in [0.2, 0.25) is 0 Å². The normalized spacial score (nSPS) is 13.3. The predicted octanol–water partition coefficient (Wildman–Crippen LogP) is 1.52. The summed E-state index contributed by atoms with van der Waals surface area (Å²) in [5.74, 6) is 0. The molecule has 0 radical (unpaired) electrons. The molecule has 0 rings (SSSR count). The third-order valence-corrected chi connectivity index (χ3v) is 0.894. The molecular weight excluding hydrogens is 106 g/mol. The molecule has 0 heterocycles. The van der Waals surface area contributed by atoms with Crippen LogP contribution in [-0.2, 0) is 0 Å². The Labute approximate surface area is 49.6 Å². The standard InChI is InChI=1S/C5H9NS/c1-3-4-5(7)6-2/h3-4H,1-2H3,(H,6,7)/b4-3-. The van der Waals surface area contributed by atoms with Crippen molar-refractivity contribution in [2.45, 2.75) is 6.92 Å². The van der Waals surface area contributed by atoms with Crippen LogP contribution in [0.25, 0.3) is 0 Å². The maximum absolute atomic E-state index is 3.97. The van der Waals surface area contributed by atoms with Crippen molar-refractivity contribution in [1.29, 1.82) is 0 Å². The first kappa shape index (κ1) is 6.76. The second-order valence-electron chi connectivity index (χ2n) is 1.08. The van der Waals surface area contributed by atoms with Gasteiger partial charge in [-0.05, 0) is 13.0 Å². The van der Waals surface area contributed by atoms with E-state index in [1.165, 1.54) is 0 Å². The number of rotatable bonds is 1. The van der Waals surface area contributed by atoms with Crippen molar-refractivity contribution >= 4 is 17.7 Å². The van der Waals surface area contributed by atoms with Crippen LogP contribution in [0.5, 0.6) is 0 Å². The summed E-state index contributed by atoms with van der Waals surface area (Å²) in [5, 5.41) is 0.766. The summed E-state index contributed by atoms with van der Waals surface area (Å²) in [7, 11) is 1.71. The van der Waals surface area contributed by atoms with Gasteiger partial charge in [0, 0.05) is 7.05 Å². The van der Waals surface area contributed by atoms with Crippen molar-refractivity contribution in [3.8, 4) is 0 Å². The lowest BCUT2D eigenvalue weighted by Crippen LogP contribution is -1.74. The van der Waals surface area contributed by atoms with Gasteiger partial charge in [-0.15, -0.1) is 12.6 Å². The summed E-state index contributed by atoms with van der Waals surface area (Å²) >= 11 is 3.97. The van der Waals surface area contributed by atoms with Gasteiger partial charge in [0.25, 0.3) is 0 Å². The molecule has 0 amide bonds. The number of nitrogens with zero attached hydrogens (tertiary/aromatic N) is 1. The Kier molecular flexibility index (Phi) is 3.80. The molecule has 0 aromatic rings. The van der Waals surface area contributed by atoms with E-state index in [1.54, 1.807) is 7.05 Å². The molecule has 0 fully saturated rings. The largest absolute Gasteiger partial charge is 0.282 e. The molecule has 0 spiro atoms. The lowest BCUT2D eigenvalue weighted by molar-refractivity contribution is 1.47. The van der Waals surface area contributed by atoms with Crippen LogP contribution in [0.4, 0.5) is 0 Å². The van der Waals surface area contributed by atoms with Gasteiger partial charge < -0.3 is 0 Å². The molecule has 0 N–H and O–H groups in total. The van der Waals surface area contributed by atoms with E-state index >= 15 is 0 Å². The molecule has 0 aromatic heterocycles. The van der Waals surface area contributed by atoms with Crippen LogP contribution in [0, 0.1) is 0 Å². The first-order chi connectivity index (χ1) is 3.31. The van der Waals surface area contributed by atoms with E-state index < -0.39 is 0 Å². The molecule has 0 saturated carbocycles. The van der Waals surface area contributed by atoms with Crippen LogP contribution in [0.15, 0.2) is 17.1 Å². The van der Waals surface area contributed by atoms with Crippen LogP contribution in [-0.4, -0.2) is 12.1 Å². The Bertz CT molecular complexity index is 94.3. The first-order valence-electron chi connectivity index (χ1n) is 2.09. The van der Waals surface area contributed by atoms with Crippen molar-refractivity contribution < 1.29 is 0 Å². The molecule has 0 aliphatic carbocycles. The zero-order chi connectivity index (χ0) is 5.70. The quantitative estimate of drug-likeness (QED) is 0.302. The van der Waals surface area contributed by atoms with E-state index in [2.05, 4.69) is 17.6 Å². The smallest absolute Gasteiger partial charge is 0.0867 e. The monoisotopic (exact) mass is 115 g/mol. The molecular formula is C5H9NS. The lowest BCUT2D eigenvalue weighted by Gasteiger charge is -1.79. The van der Waals surface area contributed by atoms with Gasteiger partial charge in [0.15, 0.2) is 0 Å². The van der Waals surface area contributed by atoms with Crippen LogP contribution in [0.3, 0.4) is 0 Å². The van der Waals surface area contributed by atoms with Crippen LogP contribution >= 0.6 is 12.6 Å². The Morgan fingerprint density at radius 1 is 1.71 bits per heavy atom. The minimum Gasteiger partial charge on any atom is -0.282 e. The van der Waals surface area contributed by atoms with Crippen molar-refractivity contribution in [1.82, 2.24) is 0 Å². The Hall–Kier alpha value is -0.240. The second kappa shape index (κ2) is 3.93. The molecule has 0 unspecified atom stereocenters. The van der Waals surface area contributed by atoms with Crippen molar-refractivity contribution in [3.05, 3.63) is 12.2 Å². The lowest BCUT2D eigenvalue weighted by atomic mass is 10.6. The zero-order valence-electron chi connectivity index (χ0n) is 4.55. The highest BCUT2D eigenvalue weighted by Gasteiger charge is 1.72. The number of thiol groups is 1. The van der Waals surface area contributed by atoms with Gasteiger partial charge in [-0.25, -0.2) is 0 Å². The number of hydrogen-bond donors (Lipinski definition) is 1. The molecule has 0 atom stereocenters. The van der Waals surface area contributed by atoms with Gasteiger partial charge in [-0.3, -0.25) is 4.99 Å². The fourth-order valence-corrected chi connectivity index (χ4v) is 0.373. The Balaban J connectivity index is 3.58.